The van der Waals surface area contributed by atoms with Gasteiger partial charge in [-0.15, -0.1) is 24.0 Å². The number of aryl methyl sites for hydroxylation is 1. The highest BCUT2D eigenvalue weighted by Crippen LogP contribution is 2.34. The Hall–Kier alpha value is -0.630. The van der Waals surface area contributed by atoms with Gasteiger partial charge in [-0.1, -0.05) is 6.07 Å². The standard InChI is InChI=1S/C17H25N3OS.HI/c1-21-15-5-6-16-13(11-15)3-2-4-14(16)12-19-17(18)20-7-9-22-10-8-20;/h5-6,11,14H,2-4,7-10,12H2,1H3,(H2,18,19);1H. The monoisotopic (exact) mass is 447 g/mol. The van der Waals surface area contributed by atoms with Crippen molar-refractivity contribution in [1.82, 2.24) is 4.90 Å². The summed E-state index contributed by atoms with van der Waals surface area (Å²) in [6.07, 6.45) is 3.57. The van der Waals surface area contributed by atoms with Crippen LogP contribution in [0.1, 0.15) is 29.9 Å². The summed E-state index contributed by atoms with van der Waals surface area (Å²) in [4.78, 5) is 6.91. The van der Waals surface area contributed by atoms with Crippen molar-refractivity contribution in [3.63, 3.8) is 0 Å². The predicted octanol–water partition coefficient (Wildman–Crippen LogP) is 3.10. The second-order valence-electron chi connectivity index (χ2n) is 5.95. The Labute approximate surface area is 160 Å². The number of nitrogens with two attached hydrogens (primary N) is 1. The van der Waals surface area contributed by atoms with Crippen LogP contribution in [0, 0.1) is 0 Å². The lowest BCUT2D eigenvalue weighted by atomic mass is 9.83. The Morgan fingerprint density at radius 2 is 2.17 bits per heavy atom. The van der Waals surface area contributed by atoms with Gasteiger partial charge in [0, 0.05) is 37.1 Å². The molecule has 1 atom stereocenters. The molecule has 1 aliphatic carbocycles. The largest absolute Gasteiger partial charge is 0.497 e. The number of nitrogens with zero attached hydrogens (tertiary/aromatic N) is 2. The summed E-state index contributed by atoms with van der Waals surface area (Å²) in [5, 5.41) is 0. The molecule has 1 aromatic rings. The predicted molar refractivity (Wildman–Crippen MR) is 109 cm³/mol. The molecule has 0 aromatic heterocycles. The molecule has 1 unspecified atom stereocenters. The Balaban J connectivity index is 0.00000192. The number of thioether (sulfide) groups is 1. The number of aliphatic imine (C=N–C) groups is 1. The Kier molecular flexibility index (Phi) is 7.33. The molecule has 128 valence electrons. The van der Waals surface area contributed by atoms with Gasteiger partial charge in [-0.2, -0.15) is 11.8 Å². The molecule has 4 nitrogen and oxygen atoms in total. The first-order valence-electron chi connectivity index (χ1n) is 8.07. The molecule has 0 saturated carbocycles. The van der Waals surface area contributed by atoms with E-state index in [1.807, 2.05) is 11.8 Å². The van der Waals surface area contributed by atoms with Crippen LogP contribution in [0.15, 0.2) is 23.2 Å². The number of halogens is 1. The van der Waals surface area contributed by atoms with Crippen LogP contribution in [0.5, 0.6) is 5.75 Å². The third-order valence-electron chi connectivity index (χ3n) is 4.60. The van der Waals surface area contributed by atoms with Crippen LogP contribution in [0.25, 0.3) is 0 Å². The summed E-state index contributed by atoms with van der Waals surface area (Å²) in [6, 6.07) is 6.45. The normalized spacial score (nSPS) is 21.3. The lowest BCUT2D eigenvalue weighted by molar-refractivity contribution is 0.413. The van der Waals surface area contributed by atoms with Gasteiger partial charge in [0.1, 0.15) is 5.75 Å². The Morgan fingerprint density at radius 1 is 1.39 bits per heavy atom. The molecule has 1 fully saturated rings. The van der Waals surface area contributed by atoms with Crippen molar-refractivity contribution in [1.29, 1.82) is 0 Å². The molecule has 1 aliphatic heterocycles. The summed E-state index contributed by atoms with van der Waals surface area (Å²) in [6.45, 7) is 2.85. The van der Waals surface area contributed by atoms with Crippen molar-refractivity contribution in [3.05, 3.63) is 29.3 Å². The highest BCUT2D eigenvalue weighted by Gasteiger charge is 2.21. The molecule has 23 heavy (non-hydrogen) atoms. The number of methoxy groups -OCH3 is 1. The SMILES string of the molecule is COc1ccc2c(c1)CCCC2CN=C(N)N1CCSCC1.I. The van der Waals surface area contributed by atoms with E-state index in [-0.39, 0.29) is 24.0 Å². The maximum absolute atomic E-state index is 6.18. The molecule has 1 saturated heterocycles. The smallest absolute Gasteiger partial charge is 0.191 e. The zero-order chi connectivity index (χ0) is 15.4. The van der Waals surface area contributed by atoms with Crippen LogP contribution in [-0.2, 0) is 6.42 Å². The summed E-state index contributed by atoms with van der Waals surface area (Å²) >= 11 is 1.99. The molecule has 1 heterocycles. The first kappa shape index (κ1) is 18.7. The minimum atomic E-state index is 0. The van der Waals surface area contributed by atoms with Gasteiger partial charge in [0.25, 0.3) is 0 Å². The average Bonchev–Trinajstić information content (AvgIpc) is 2.59. The van der Waals surface area contributed by atoms with E-state index in [0.29, 0.717) is 5.92 Å². The van der Waals surface area contributed by atoms with Gasteiger partial charge in [-0.25, -0.2) is 0 Å². The zero-order valence-corrected chi connectivity index (χ0v) is 16.8. The lowest BCUT2D eigenvalue weighted by Crippen LogP contribution is -2.42. The van der Waals surface area contributed by atoms with Crippen molar-refractivity contribution >= 4 is 41.7 Å². The van der Waals surface area contributed by atoms with E-state index in [4.69, 9.17) is 15.5 Å². The minimum absolute atomic E-state index is 0. The molecule has 1 aromatic carbocycles. The molecular formula is C17H26IN3OS. The maximum atomic E-state index is 6.18. The maximum Gasteiger partial charge on any atom is 0.191 e. The summed E-state index contributed by atoms with van der Waals surface area (Å²) in [5.74, 6) is 4.48. The second kappa shape index (κ2) is 9.01. The van der Waals surface area contributed by atoms with E-state index in [1.165, 1.54) is 24.0 Å². The molecule has 0 spiro atoms. The Morgan fingerprint density at radius 3 is 2.91 bits per heavy atom. The molecule has 0 bridgehead atoms. The van der Waals surface area contributed by atoms with Crippen molar-refractivity contribution in [2.24, 2.45) is 10.7 Å². The molecule has 2 N–H and O–H groups in total. The molecule has 0 amide bonds. The molecule has 3 rings (SSSR count). The van der Waals surface area contributed by atoms with E-state index in [1.54, 1.807) is 7.11 Å². The highest BCUT2D eigenvalue weighted by molar-refractivity contribution is 14.0. The highest BCUT2D eigenvalue weighted by atomic mass is 127. The van der Waals surface area contributed by atoms with Crippen molar-refractivity contribution in [2.45, 2.75) is 25.2 Å². The molecular weight excluding hydrogens is 421 g/mol. The summed E-state index contributed by atoms with van der Waals surface area (Å²) in [5.41, 5.74) is 9.02. The van der Waals surface area contributed by atoms with Crippen LogP contribution in [0.3, 0.4) is 0 Å². The average molecular weight is 447 g/mol. The van der Waals surface area contributed by atoms with Gasteiger partial charge in [0.2, 0.25) is 0 Å². The van der Waals surface area contributed by atoms with Crippen molar-refractivity contribution < 1.29 is 4.74 Å². The molecule has 2 aliphatic rings. The van der Waals surface area contributed by atoms with Gasteiger partial charge in [-0.05, 0) is 42.5 Å². The van der Waals surface area contributed by atoms with E-state index < -0.39 is 0 Å². The van der Waals surface area contributed by atoms with Gasteiger partial charge in [0.05, 0.1) is 7.11 Å². The second-order valence-corrected chi connectivity index (χ2v) is 7.18. The van der Waals surface area contributed by atoms with Crippen molar-refractivity contribution in [2.75, 3.05) is 38.2 Å². The summed E-state index contributed by atoms with van der Waals surface area (Å²) in [7, 11) is 1.73. The number of ether oxygens (including phenoxy) is 1. The van der Waals surface area contributed by atoms with Crippen LogP contribution >= 0.6 is 35.7 Å². The van der Waals surface area contributed by atoms with Crippen LogP contribution in [-0.4, -0.2) is 49.1 Å². The first-order valence-corrected chi connectivity index (χ1v) is 9.23. The fourth-order valence-corrected chi connectivity index (χ4v) is 4.21. The van der Waals surface area contributed by atoms with Crippen LogP contribution in [0.4, 0.5) is 0 Å². The Bertz CT molecular complexity index is 547. The number of hydrogen-bond acceptors (Lipinski definition) is 3. The van der Waals surface area contributed by atoms with E-state index in [0.717, 1.165) is 49.3 Å². The van der Waals surface area contributed by atoms with Crippen LogP contribution in [0.2, 0.25) is 0 Å². The summed E-state index contributed by atoms with van der Waals surface area (Å²) < 4.78 is 5.34. The van der Waals surface area contributed by atoms with E-state index in [9.17, 15) is 0 Å². The first-order chi connectivity index (χ1) is 10.8. The van der Waals surface area contributed by atoms with E-state index in [2.05, 4.69) is 23.1 Å². The van der Waals surface area contributed by atoms with Gasteiger partial charge >= 0.3 is 0 Å². The minimum Gasteiger partial charge on any atom is -0.497 e. The van der Waals surface area contributed by atoms with Crippen molar-refractivity contribution in [3.8, 4) is 5.75 Å². The number of rotatable bonds is 3. The molecule has 6 heteroatoms. The number of fused-ring (bicyclic) bond motifs is 1. The van der Waals surface area contributed by atoms with Crippen LogP contribution < -0.4 is 10.5 Å². The fraction of sp³-hybridized carbons (Fsp3) is 0.588. The topological polar surface area (TPSA) is 50.9 Å². The van der Waals surface area contributed by atoms with Gasteiger partial charge < -0.3 is 15.4 Å². The zero-order valence-electron chi connectivity index (χ0n) is 13.7. The molecule has 0 radical (unpaired) electrons. The number of benzene rings is 1. The van der Waals surface area contributed by atoms with Gasteiger partial charge in [-0.3, -0.25) is 4.99 Å². The number of guanidine groups is 1. The lowest BCUT2D eigenvalue weighted by Gasteiger charge is -2.28. The third kappa shape index (κ3) is 4.68. The third-order valence-corrected chi connectivity index (χ3v) is 5.54. The van der Waals surface area contributed by atoms with E-state index >= 15 is 0 Å². The number of hydrogen-bond donors (Lipinski definition) is 1. The quantitative estimate of drug-likeness (QED) is 0.440. The fourth-order valence-electron chi connectivity index (χ4n) is 3.30. The van der Waals surface area contributed by atoms with Gasteiger partial charge in [0.15, 0.2) is 5.96 Å².